The molecule has 0 radical (unpaired) electrons. The molecule has 0 bridgehead atoms. The molecule has 5 rings (SSSR count). The third-order valence-electron chi connectivity index (χ3n) is 5.52. The van der Waals surface area contributed by atoms with Gasteiger partial charge in [-0.05, 0) is 61.9 Å². The average Bonchev–Trinajstić information content (AvgIpc) is 3.51. The fourth-order valence-corrected chi connectivity index (χ4v) is 3.76. The van der Waals surface area contributed by atoms with Crippen LogP contribution in [0.5, 0.6) is 11.6 Å². The van der Waals surface area contributed by atoms with E-state index in [2.05, 4.69) is 30.2 Å². The molecule has 0 fully saturated rings. The van der Waals surface area contributed by atoms with Crippen molar-refractivity contribution in [3.8, 4) is 11.6 Å². The predicted molar refractivity (Wildman–Crippen MR) is 132 cm³/mol. The molecule has 0 unspecified atom stereocenters. The molecule has 9 heteroatoms. The van der Waals surface area contributed by atoms with Gasteiger partial charge < -0.3 is 19.6 Å². The van der Waals surface area contributed by atoms with Gasteiger partial charge in [-0.1, -0.05) is 0 Å². The first-order valence-electron chi connectivity index (χ1n) is 11.2. The molecule has 8 nitrogen and oxygen atoms in total. The zero-order chi connectivity index (χ0) is 24.2. The van der Waals surface area contributed by atoms with Crippen molar-refractivity contribution < 1.29 is 9.13 Å². The lowest BCUT2D eigenvalue weighted by Crippen LogP contribution is -2.14. The van der Waals surface area contributed by atoms with E-state index in [4.69, 9.17) is 4.74 Å². The number of aliphatic imine (C=N–C) groups is 1. The first kappa shape index (κ1) is 22.4. The number of aryl methyl sites for hydroxylation is 1. The van der Waals surface area contributed by atoms with Crippen molar-refractivity contribution in [1.82, 2.24) is 29.8 Å². The van der Waals surface area contributed by atoms with Crippen LogP contribution in [0.25, 0.3) is 10.9 Å². The second-order valence-electron chi connectivity index (χ2n) is 8.09. The fourth-order valence-electron chi connectivity index (χ4n) is 3.76. The highest BCUT2D eigenvalue weighted by Gasteiger charge is 2.08. The summed E-state index contributed by atoms with van der Waals surface area (Å²) in [6.07, 6.45) is 6.96. The van der Waals surface area contributed by atoms with Crippen LogP contribution in [-0.2, 0) is 13.1 Å². The van der Waals surface area contributed by atoms with Gasteiger partial charge in [-0.3, -0.25) is 0 Å². The van der Waals surface area contributed by atoms with Crippen molar-refractivity contribution in [2.45, 2.75) is 26.9 Å². The van der Waals surface area contributed by atoms with E-state index in [1.54, 1.807) is 31.5 Å². The van der Waals surface area contributed by atoms with Gasteiger partial charge in [0.25, 0.3) is 0 Å². The van der Waals surface area contributed by atoms with Gasteiger partial charge in [0.2, 0.25) is 5.88 Å². The van der Waals surface area contributed by atoms with E-state index in [9.17, 15) is 4.39 Å². The first-order chi connectivity index (χ1) is 17.0. The van der Waals surface area contributed by atoms with Crippen molar-refractivity contribution in [1.29, 1.82) is 0 Å². The van der Waals surface area contributed by atoms with Gasteiger partial charge in [0, 0.05) is 36.6 Å². The minimum absolute atomic E-state index is 0.235. The summed E-state index contributed by atoms with van der Waals surface area (Å²) in [5.41, 5.74) is 3.08. The smallest absolute Gasteiger partial charge is 0.222 e. The molecule has 2 N–H and O–H groups in total. The Morgan fingerprint density at radius 3 is 2.83 bits per heavy atom. The summed E-state index contributed by atoms with van der Waals surface area (Å²) < 4.78 is 21.5. The van der Waals surface area contributed by atoms with Gasteiger partial charge in [-0.2, -0.15) is 0 Å². The van der Waals surface area contributed by atoms with Crippen molar-refractivity contribution in [2.24, 2.45) is 4.99 Å². The number of hydrogen-bond donors (Lipinski definition) is 2. The number of H-pyrrole nitrogens is 1. The summed E-state index contributed by atoms with van der Waals surface area (Å²) in [6, 6.07) is 14.5. The first-order valence-corrected chi connectivity index (χ1v) is 11.2. The third-order valence-corrected chi connectivity index (χ3v) is 5.52. The van der Waals surface area contributed by atoms with Crippen LogP contribution >= 0.6 is 0 Å². The van der Waals surface area contributed by atoms with Crippen LogP contribution in [0.4, 0.5) is 10.1 Å². The number of hydrogen-bond acceptors (Lipinski definition) is 6. The highest BCUT2D eigenvalue weighted by atomic mass is 19.1. The monoisotopic (exact) mass is 469 g/mol. The molecule has 0 aliphatic rings. The molecule has 2 aromatic carbocycles. The van der Waals surface area contributed by atoms with Crippen LogP contribution in [-0.4, -0.2) is 30.3 Å². The third kappa shape index (κ3) is 5.25. The SMILES string of the molecule is CC(=Nc1ccc(F)c(C)c1)n1ccc2cc(Oc3cc(CNCc4ncc[nH]4)ncn3)ccc21. The Balaban J connectivity index is 1.29. The summed E-state index contributed by atoms with van der Waals surface area (Å²) in [5.74, 6) is 2.55. The molecular formula is C26H24FN7O. The van der Waals surface area contributed by atoms with Crippen LogP contribution in [0.15, 0.2) is 78.4 Å². The molecule has 0 amide bonds. The molecule has 176 valence electrons. The second kappa shape index (κ2) is 9.86. The number of fused-ring (bicyclic) bond motifs is 1. The largest absolute Gasteiger partial charge is 0.439 e. The molecule has 3 aromatic heterocycles. The highest BCUT2D eigenvalue weighted by Crippen LogP contribution is 2.26. The molecule has 3 heterocycles. The number of halogens is 1. The van der Waals surface area contributed by atoms with Gasteiger partial charge in [0.1, 0.15) is 29.6 Å². The highest BCUT2D eigenvalue weighted by molar-refractivity contribution is 5.95. The zero-order valence-corrected chi connectivity index (χ0v) is 19.4. The Labute approximate surface area is 201 Å². The molecule has 0 spiro atoms. The second-order valence-corrected chi connectivity index (χ2v) is 8.09. The van der Waals surface area contributed by atoms with E-state index in [0.29, 0.717) is 36.0 Å². The minimum atomic E-state index is -0.235. The summed E-state index contributed by atoms with van der Waals surface area (Å²) >= 11 is 0. The Morgan fingerprint density at radius 2 is 2.00 bits per heavy atom. The quantitative estimate of drug-likeness (QED) is 0.250. The molecule has 0 saturated carbocycles. The van der Waals surface area contributed by atoms with Gasteiger partial charge in [0.05, 0.1) is 23.4 Å². The number of ether oxygens (including phenoxy) is 1. The van der Waals surface area contributed by atoms with Crippen LogP contribution in [0.1, 0.15) is 24.0 Å². The van der Waals surface area contributed by atoms with E-state index in [1.807, 2.05) is 48.0 Å². The van der Waals surface area contributed by atoms with Crippen molar-refractivity contribution in [3.05, 3.63) is 96.3 Å². The van der Waals surface area contributed by atoms with E-state index in [1.165, 1.54) is 12.4 Å². The average molecular weight is 470 g/mol. The summed E-state index contributed by atoms with van der Waals surface area (Å²) in [4.78, 5) is 20.4. The summed E-state index contributed by atoms with van der Waals surface area (Å²) in [5, 5.41) is 4.29. The van der Waals surface area contributed by atoms with Gasteiger partial charge in [0.15, 0.2) is 0 Å². The number of rotatable bonds is 7. The molecule has 0 saturated heterocycles. The molecular weight excluding hydrogens is 445 g/mol. The topological polar surface area (TPSA) is 93.0 Å². The van der Waals surface area contributed by atoms with Crippen LogP contribution in [0.3, 0.4) is 0 Å². The fraction of sp³-hybridized carbons (Fsp3) is 0.154. The Bertz CT molecular complexity index is 1490. The van der Waals surface area contributed by atoms with Gasteiger partial charge >= 0.3 is 0 Å². The van der Waals surface area contributed by atoms with E-state index >= 15 is 0 Å². The van der Waals surface area contributed by atoms with Crippen molar-refractivity contribution >= 4 is 22.4 Å². The maximum absolute atomic E-state index is 13.6. The van der Waals surface area contributed by atoms with Crippen LogP contribution < -0.4 is 10.1 Å². The standard InChI is InChI=1S/C26H24FN7O/c1-17-11-20(3-5-23(17)27)33-18(2)34-10-7-19-12-22(4-6-24(19)34)35-26-13-21(31-16-32-26)14-28-15-25-29-8-9-30-25/h3-13,16,28H,14-15H2,1-2H3,(H,29,30). The molecule has 35 heavy (non-hydrogen) atoms. The van der Waals surface area contributed by atoms with E-state index in [-0.39, 0.29) is 5.82 Å². The van der Waals surface area contributed by atoms with Gasteiger partial charge in [-0.15, -0.1) is 0 Å². The van der Waals surface area contributed by atoms with Crippen molar-refractivity contribution in [2.75, 3.05) is 0 Å². The van der Waals surface area contributed by atoms with Crippen LogP contribution in [0.2, 0.25) is 0 Å². The predicted octanol–water partition coefficient (Wildman–Crippen LogP) is 5.28. The molecule has 0 atom stereocenters. The number of benzene rings is 2. The zero-order valence-electron chi connectivity index (χ0n) is 19.4. The maximum atomic E-state index is 13.6. The van der Waals surface area contributed by atoms with Crippen molar-refractivity contribution in [3.63, 3.8) is 0 Å². The van der Waals surface area contributed by atoms with E-state index in [0.717, 1.165) is 28.3 Å². The number of imidazole rings is 1. The Morgan fingerprint density at radius 1 is 1.09 bits per heavy atom. The Hall–Kier alpha value is -4.37. The Kier molecular flexibility index (Phi) is 6.32. The lowest BCUT2D eigenvalue weighted by molar-refractivity contribution is 0.460. The molecule has 0 aliphatic carbocycles. The number of nitrogens with zero attached hydrogens (tertiary/aromatic N) is 5. The summed E-state index contributed by atoms with van der Waals surface area (Å²) in [6.45, 7) is 4.83. The number of aromatic amines is 1. The normalized spacial score (nSPS) is 11.8. The van der Waals surface area contributed by atoms with E-state index < -0.39 is 0 Å². The number of aromatic nitrogens is 5. The lowest BCUT2D eigenvalue weighted by atomic mass is 10.2. The molecule has 5 aromatic rings. The minimum Gasteiger partial charge on any atom is -0.439 e. The lowest BCUT2D eigenvalue weighted by Gasteiger charge is -2.08. The maximum Gasteiger partial charge on any atom is 0.222 e. The summed E-state index contributed by atoms with van der Waals surface area (Å²) in [7, 11) is 0. The number of nitrogens with one attached hydrogen (secondary N) is 2. The molecule has 0 aliphatic heterocycles. The van der Waals surface area contributed by atoms with Crippen LogP contribution in [0, 0.1) is 12.7 Å². The van der Waals surface area contributed by atoms with Gasteiger partial charge in [-0.25, -0.2) is 24.3 Å².